The van der Waals surface area contributed by atoms with Crippen LogP contribution in [0, 0.1) is 0 Å². The molecule has 0 atom stereocenters. The summed E-state index contributed by atoms with van der Waals surface area (Å²) in [4.78, 5) is 17.9. The second-order valence-electron chi connectivity index (χ2n) is 3.86. The molecule has 0 aliphatic carbocycles. The molecule has 0 saturated heterocycles. The first-order chi connectivity index (χ1) is 8.63. The highest BCUT2D eigenvalue weighted by Gasteiger charge is 2.21. The number of carbonyl (C=O) groups excluding carboxylic acids is 1. The number of amides is 1. The molecule has 2 heterocycles. The summed E-state index contributed by atoms with van der Waals surface area (Å²) in [5, 5.41) is 4.09. The molecule has 0 aromatic carbocycles. The molecule has 0 radical (unpaired) electrons. The van der Waals surface area contributed by atoms with Crippen LogP contribution in [0.5, 0.6) is 0 Å². The Morgan fingerprint density at radius 1 is 1.44 bits per heavy atom. The van der Waals surface area contributed by atoms with E-state index >= 15 is 0 Å². The van der Waals surface area contributed by atoms with E-state index in [0.717, 1.165) is 5.69 Å². The van der Waals surface area contributed by atoms with Crippen LogP contribution in [0.25, 0.3) is 0 Å². The first kappa shape index (κ1) is 12.1. The number of carbonyl (C=O) groups is 1. The van der Waals surface area contributed by atoms with E-state index in [1.54, 1.807) is 42.7 Å². The van der Waals surface area contributed by atoms with Gasteiger partial charge in [0.15, 0.2) is 5.69 Å². The third-order valence-corrected chi connectivity index (χ3v) is 2.60. The van der Waals surface area contributed by atoms with Crippen molar-refractivity contribution < 1.29 is 4.79 Å². The van der Waals surface area contributed by atoms with Gasteiger partial charge in [0.1, 0.15) is 0 Å². The molecule has 0 spiro atoms. The van der Waals surface area contributed by atoms with Gasteiger partial charge in [-0.1, -0.05) is 0 Å². The molecule has 0 aliphatic rings. The van der Waals surface area contributed by atoms with Crippen LogP contribution >= 0.6 is 0 Å². The van der Waals surface area contributed by atoms with Crippen LogP contribution in [0.3, 0.4) is 0 Å². The average Bonchev–Trinajstić information content (AvgIpc) is 2.70. The summed E-state index contributed by atoms with van der Waals surface area (Å²) in [5.41, 5.74) is 7.21. The Bertz CT molecular complexity index is 549. The van der Waals surface area contributed by atoms with Gasteiger partial charge in [0, 0.05) is 37.9 Å². The molecule has 2 aromatic heterocycles. The maximum absolute atomic E-state index is 12.4. The molecule has 2 rings (SSSR count). The van der Waals surface area contributed by atoms with Gasteiger partial charge in [-0.3, -0.25) is 14.5 Å². The number of anilines is 2. The third-order valence-electron chi connectivity index (χ3n) is 2.60. The fourth-order valence-corrected chi connectivity index (χ4v) is 1.77. The zero-order chi connectivity index (χ0) is 13.1. The van der Waals surface area contributed by atoms with Crippen LogP contribution in [-0.4, -0.2) is 27.2 Å². The highest BCUT2D eigenvalue weighted by Crippen LogP contribution is 2.18. The highest BCUT2D eigenvalue weighted by atomic mass is 16.2. The Kier molecular flexibility index (Phi) is 3.27. The predicted molar refractivity (Wildman–Crippen MR) is 69.2 cm³/mol. The lowest BCUT2D eigenvalue weighted by atomic mass is 10.3. The van der Waals surface area contributed by atoms with Gasteiger partial charge in [-0.15, -0.1) is 0 Å². The van der Waals surface area contributed by atoms with Crippen molar-refractivity contribution in [3.05, 3.63) is 36.4 Å². The van der Waals surface area contributed by atoms with Crippen LogP contribution < -0.4 is 10.6 Å². The zero-order valence-corrected chi connectivity index (χ0v) is 10.4. The topological polar surface area (TPSA) is 77.0 Å². The number of rotatable bonds is 3. The maximum Gasteiger partial charge on any atom is 0.280 e. The maximum atomic E-state index is 12.4. The second-order valence-corrected chi connectivity index (χ2v) is 3.86. The number of nitrogens with two attached hydrogens (primary N) is 1. The molecule has 2 aromatic rings. The van der Waals surface area contributed by atoms with Crippen molar-refractivity contribution in [3.8, 4) is 0 Å². The summed E-state index contributed by atoms with van der Waals surface area (Å²) in [7, 11) is 1.73. The van der Waals surface area contributed by atoms with E-state index in [4.69, 9.17) is 5.73 Å². The molecule has 0 aliphatic heterocycles. The van der Waals surface area contributed by atoms with Crippen molar-refractivity contribution in [2.24, 2.45) is 7.05 Å². The quantitative estimate of drug-likeness (QED) is 0.877. The van der Waals surface area contributed by atoms with Gasteiger partial charge in [0.25, 0.3) is 5.91 Å². The largest absolute Gasteiger partial charge is 0.396 e. The molecule has 0 fully saturated rings. The van der Waals surface area contributed by atoms with Crippen molar-refractivity contribution in [1.29, 1.82) is 0 Å². The fourth-order valence-electron chi connectivity index (χ4n) is 1.77. The number of hydrogen-bond acceptors (Lipinski definition) is 4. The van der Waals surface area contributed by atoms with Gasteiger partial charge in [-0.25, -0.2) is 0 Å². The predicted octanol–water partition coefficient (Wildman–Crippen LogP) is 1.06. The van der Waals surface area contributed by atoms with Crippen LogP contribution in [-0.2, 0) is 7.05 Å². The van der Waals surface area contributed by atoms with E-state index in [-0.39, 0.29) is 11.6 Å². The number of aryl methyl sites for hydroxylation is 1. The second kappa shape index (κ2) is 4.87. The molecule has 0 unspecified atom stereocenters. The number of nitrogen functional groups attached to an aromatic ring is 1. The molecular formula is C12H15N5O. The first-order valence-corrected chi connectivity index (χ1v) is 5.64. The summed E-state index contributed by atoms with van der Waals surface area (Å²) in [6.07, 6.45) is 4.91. The van der Waals surface area contributed by atoms with Crippen molar-refractivity contribution >= 4 is 17.3 Å². The summed E-state index contributed by atoms with van der Waals surface area (Å²) in [6, 6.07) is 3.56. The van der Waals surface area contributed by atoms with Crippen LogP contribution in [0.2, 0.25) is 0 Å². The molecular weight excluding hydrogens is 230 g/mol. The standard InChI is InChI=1S/C12H15N5O/c1-3-17(9-4-6-14-7-5-9)12(18)11-10(13)8-16(2)15-11/h4-8H,3,13H2,1-2H3. The average molecular weight is 245 g/mol. The number of aromatic nitrogens is 3. The Balaban J connectivity index is 2.34. The SMILES string of the molecule is CCN(C(=O)c1nn(C)cc1N)c1ccncc1. The lowest BCUT2D eigenvalue weighted by Crippen LogP contribution is -2.31. The van der Waals surface area contributed by atoms with Gasteiger partial charge in [0.05, 0.1) is 5.69 Å². The van der Waals surface area contributed by atoms with Gasteiger partial charge in [0.2, 0.25) is 0 Å². The monoisotopic (exact) mass is 245 g/mol. The molecule has 6 nitrogen and oxygen atoms in total. The van der Waals surface area contributed by atoms with Gasteiger partial charge in [-0.05, 0) is 19.1 Å². The normalized spacial score (nSPS) is 10.3. The van der Waals surface area contributed by atoms with Crippen LogP contribution in [0.4, 0.5) is 11.4 Å². The highest BCUT2D eigenvalue weighted by molar-refractivity contribution is 6.07. The minimum Gasteiger partial charge on any atom is -0.396 e. The Morgan fingerprint density at radius 2 is 2.11 bits per heavy atom. The third kappa shape index (κ3) is 2.17. The minimum absolute atomic E-state index is 0.207. The molecule has 1 amide bonds. The van der Waals surface area contributed by atoms with E-state index in [1.807, 2.05) is 6.92 Å². The molecule has 18 heavy (non-hydrogen) atoms. The summed E-state index contributed by atoms with van der Waals surface area (Å²) < 4.78 is 1.53. The molecule has 6 heteroatoms. The Morgan fingerprint density at radius 3 is 2.61 bits per heavy atom. The van der Waals surface area contributed by atoms with E-state index in [1.165, 1.54) is 4.68 Å². The molecule has 94 valence electrons. The smallest absolute Gasteiger partial charge is 0.280 e. The van der Waals surface area contributed by atoms with E-state index in [9.17, 15) is 4.79 Å². The summed E-state index contributed by atoms with van der Waals surface area (Å²) >= 11 is 0. The van der Waals surface area contributed by atoms with Crippen molar-refractivity contribution in [3.63, 3.8) is 0 Å². The van der Waals surface area contributed by atoms with E-state index in [2.05, 4.69) is 10.1 Å². The van der Waals surface area contributed by atoms with Crippen LogP contribution in [0.15, 0.2) is 30.7 Å². The molecule has 2 N–H and O–H groups in total. The van der Waals surface area contributed by atoms with Gasteiger partial charge in [-0.2, -0.15) is 5.10 Å². The zero-order valence-electron chi connectivity index (χ0n) is 10.4. The number of nitrogens with zero attached hydrogens (tertiary/aromatic N) is 4. The number of hydrogen-bond donors (Lipinski definition) is 1. The molecule has 0 bridgehead atoms. The van der Waals surface area contributed by atoms with Gasteiger partial charge >= 0.3 is 0 Å². The lowest BCUT2D eigenvalue weighted by molar-refractivity contribution is 0.0983. The lowest BCUT2D eigenvalue weighted by Gasteiger charge is -2.19. The Labute approximate surface area is 105 Å². The van der Waals surface area contributed by atoms with E-state index < -0.39 is 0 Å². The summed E-state index contributed by atoms with van der Waals surface area (Å²) in [6.45, 7) is 2.44. The van der Waals surface area contributed by atoms with Crippen molar-refractivity contribution in [2.45, 2.75) is 6.92 Å². The number of pyridine rings is 1. The van der Waals surface area contributed by atoms with E-state index in [0.29, 0.717) is 12.2 Å². The minimum atomic E-state index is -0.207. The molecule has 0 saturated carbocycles. The first-order valence-electron chi connectivity index (χ1n) is 5.64. The van der Waals surface area contributed by atoms with Crippen LogP contribution in [0.1, 0.15) is 17.4 Å². The van der Waals surface area contributed by atoms with Crippen molar-refractivity contribution in [2.75, 3.05) is 17.2 Å². The van der Waals surface area contributed by atoms with Gasteiger partial charge < -0.3 is 10.6 Å². The fraction of sp³-hybridized carbons (Fsp3) is 0.250. The summed E-state index contributed by atoms with van der Waals surface area (Å²) in [5.74, 6) is -0.207. The van der Waals surface area contributed by atoms with Crippen molar-refractivity contribution in [1.82, 2.24) is 14.8 Å². The Hall–Kier alpha value is -2.37.